The van der Waals surface area contributed by atoms with Gasteiger partial charge in [0.15, 0.2) is 0 Å². The molecule has 5 heteroatoms. The Kier molecular flexibility index (Phi) is 3.81. The van der Waals surface area contributed by atoms with Crippen molar-refractivity contribution in [3.8, 4) is 0 Å². The number of benzene rings is 1. The highest BCUT2D eigenvalue weighted by atomic mass is 79.9. The van der Waals surface area contributed by atoms with Crippen molar-refractivity contribution in [2.75, 3.05) is 17.7 Å². The molecule has 0 unspecified atom stereocenters. The van der Waals surface area contributed by atoms with Gasteiger partial charge in [-0.05, 0) is 42.5 Å². The number of aromatic nitrogens is 1. The zero-order chi connectivity index (χ0) is 14.1. The van der Waals surface area contributed by atoms with Crippen LogP contribution in [-0.4, -0.2) is 23.7 Å². The van der Waals surface area contributed by atoms with Crippen LogP contribution in [0.2, 0.25) is 0 Å². The highest BCUT2D eigenvalue weighted by Gasteiger charge is 2.25. The van der Waals surface area contributed by atoms with Gasteiger partial charge in [0.2, 0.25) is 0 Å². The molecule has 2 aromatic rings. The van der Waals surface area contributed by atoms with E-state index in [4.69, 9.17) is 0 Å². The highest BCUT2D eigenvalue weighted by molar-refractivity contribution is 9.10. The number of hydrogen-bond donors (Lipinski definition) is 0. The van der Waals surface area contributed by atoms with Crippen LogP contribution in [-0.2, 0) is 6.42 Å². The predicted molar refractivity (Wildman–Crippen MR) is 85.5 cm³/mol. The SMILES string of the molecule is CSc1ccc(C(=O)N2CCc3ccc(Br)cc32)cn1. The summed E-state index contributed by atoms with van der Waals surface area (Å²) in [5.41, 5.74) is 2.85. The molecule has 3 nitrogen and oxygen atoms in total. The first-order valence-corrected chi connectivity index (χ1v) is 8.31. The van der Waals surface area contributed by atoms with E-state index in [1.54, 1.807) is 18.0 Å². The summed E-state index contributed by atoms with van der Waals surface area (Å²) in [6.45, 7) is 0.731. The fourth-order valence-corrected chi connectivity index (χ4v) is 3.06. The molecule has 0 radical (unpaired) electrons. The Morgan fingerprint density at radius 3 is 2.90 bits per heavy atom. The van der Waals surface area contributed by atoms with Gasteiger partial charge >= 0.3 is 0 Å². The van der Waals surface area contributed by atoms with E-state index in [0.717, 1.165) is 28.2 Å². The van der Waals surface area contributed by atoms with Gasteiger partial charge in [0, 0.05) is 22.9 Å². The summed E-state index contributed by atoms with van der Waals surface area (Å²) in [5.74, 6) is 0.0157. The van der Waals surface area contributed by atoms with Crippen LogP contribution in [0.1, 0.15) is 15.9 Å². The maximum Gasteiger partial charge on any atom is 0.259 e. The number of pyridine rings is 1. The number of carbonyl (C=O) groups excluding carboxylic acids is 1. The number of carbonyl (C=O) groups is 1. The molecule has 0 N–H and O–H groups in total. The molecule has 20 heavy (non-hydrogen) atoms. The number of amides is 1. The molecule has 1 aromatic heterocycles. The largest absolute Gasteiger partial charge is 0.308 e. The van der Waals surface area contributed by atoms with Gasteiger partial charge in [-0.1, -0.05) is 22.0 Å². The molecule has 2 heterocycles. The van der Waals surface area contributed by atoms with Crippen molar-refractivity contribution in [1.29, 1.82) is 0 Å². The summed E-state index contributed by atoms with van der Waals surface area (Å²) in [4.78, 5) is 18.7. The molecular weight excluding hydrogens is 336 g/mol. The number of thioether (sulfide) groups is 1. The van der Waals surface area contributed by atoms with Gasteiger partial charge < -0.3 is 4.90 Å². The fourth-order valence-electron chi connectivity index (χ4n) is 2.35. The molecular formula is C15H13BrN2OS. The second-order valence-corrected chi connectivity index (χ2v) is 6.31. The molecule has 1 aliphatic rings. The number of hydrogen-bond acceptors (Lipinski definition) is 3. The van der Waals surface area contributed by atoms with E-state index in [2.05, 4.69) is 27.0 Å². The van der Waals surface area contributed by atoms with Crippen LogP contribution in [0.5, 0.6) is 0 Å². The quantitative estimate of drug-likeness (QED) is 0.774. The monoisotopic (exact) mass is 348 g/mol. The van der Waals surface area contributed by atoms with E-state index < -0.39 is 0 Å². The average Bonchev–Trinajstić information content (AvgIpc) is 2.89. The van der Waals surface area contributed by atoms with Gasteiger partial charge in [0.1, 0.15) is 0 Å². The molecule has 0 fully saturated rings. The molecule has 0 spiro atoms. The van der Waals surface area contributed by atoms with Crippen molar-refractivity contribution >= 4 is 39.3 Å². The van der Waals surface area contributed by atoms with E-state index in [1.807, 2.05) is 35.4 Å². The molecule has 1 aromatic carbocycles. The van der Waals surface area contributed by atoms with Gasteiger partial charge in [-0.3, -0.25) is 4.79 Å². The normalized spacial score (nSPS) is 13.4. The fraction of sp³-hybridized carbons (Fsp3) is 0.200. The number of nitrogens with zero attached hydrogens (tertiary/aromatic N) is 2. The van der Waals surface area contributed by atoms with Crippen LogP contribution in [0.15, 0.2) is 46.0 Å². The van der Waals surface area contributed by atoms with E-state index in [9.17, 15) is 4.79 Å². The molecule has 3 rings (SSSR count). The Labute approximate surface area is 130 Å². The Morgan fingerprint density at radius 2 is 2.20 bits per heavy atom. The number of halogens is 1. The van der Waals surface area contributed by atoms with Gasteiger partial charge in [-0.15, -0.1) is 11.8 Å². The second kappa shape index (κ2) is 5.58. The van der Waals surface area contributed by atoms with Crippen LogP contribution in [0.3, 0.4) is 0 Å². The van der Waals surface area contributed by atoms with E-state index in [-0.39, 0.29) is 5.91 Å². The molecule has 1 amide bonds. The summed E-state index contributed by atoms with van der Waals surface area (Å²) in [6.07, 6.45) is 4.53. The van der Waals surface area contributed by atoms with Crippen LogP contribution < -0.4 is 4.90 Å². The van der Waals surface area contributed by atoms with Crippen molar-refractivity contribution in [3.63, 3.8) is 0 Å². The lowest BCUT2D eigenvalue weighted by atomic mass is 10.2. The van der Waals surface area contributed by atoms with Gasteiger partial charge in [-0.25, -0.2) is 4.98 Å². The van der Waals surface area contributed by atoms with Crippen LogP contribution in [0, 0.1) is 0 Å². The molecule has 1 aliphatic heterocycles. The van der Waals surface area contributed by atoms with Gasteiger partial charge in [0.05, 0.1) is 10.6 Å². The third-order valence-corrected chi connectivity index (χ3v) is 4.53. The average molecular weight is 349 g/mol. The van der Waals surface area contributed by atoms with Gasteiger partial charge in [-0.2, -0.15) is 0 Å². The molecule has 0 saturated heterocycles. The topological polar surface area (TPSA) is 33.2 Å². The Hall–Kier alpha value is -1.33. The third kappa shape index (κ3) is 2.47. The van der Waals surface area contributed by atoms with Crippen molar-refractivity contribution in [2.45, 2.75) is 11.4 Å². The minimum Gasteiger partial charge on any atom is -0.308 e. The first-order valence-electron chi connectivity index (χ1n) is 6.29. The maximum absolute atomic E-state index is 12.6. The summed E-state index contributed by atoms with van der Waals surface area (Å²) < 4.78 is 0.992. The predicted octanol–water partition coefficient (Wildman–Crippen LogP) is 3.77. The standard InChI is InChI=1S/C15H13BrN2OS/c1-20-14-5-3-11(9-17-14)15(19)18-7-6-10-2-4-12(16)8-13(10)18/h2-5,8-9H,6-7H2,1H3. The number of anilines is 1. The van der Waals surface area contributed by atoms with Crippen LogP contribution in [0.25, 0.3) is 0 Å². The smallest absolute Gasteiger partial charge is 0.259 e. The van der Waals surface area contributed by atoms with Gasteiger partial charge in [0.25, 0.3) is 5.91 Å². The van der Waals surface area contributed by atoms with Crippen LogP contribution >= 0.6 is 27.7 Å². The first kappa shape index (κ1) is 13.6. The Balaban J connectivity index is 1.91. The summed E-state index contributed by atoms with van der Waals surface area (Å²) in [7, 11) is 0. The van der Waals surface area contributed by atoms with E-state index in [0.29, 0.717) is 5.56 Å². The van der Waals surface area contributed by atoms with Crippen LogP contribution in [0.4, 0.5) is 5.69 Å². The van der Waals surface area contributed by atoms with Crippen molar-refractivity contribution < 1.29 is 4.79 Å². The Morgan fingerprint density at radius 1 is 1.35 bits per heavy atom. The highest BCUT2D eigenvalue weighted by Crippen LogP contribution is 2.32. The molecule has 102 valence electrons. The zero-order valence-corrected chi connectivity index (χ0v) is 13.4. The van der Waals surface area contributed by atoms with E-state index in [1.165, 1.54) is 5.56 Å². The minimum absolute atomic E-state index is 0.0157. The summed E-state index contributed by atoms with van der Waals surface area (Å²) in [6, 6.07) is 9.82. The molecule has 0 saturated carbocycles. The van der Waals surface area contributed by atoms with E-state index >= 15 is 0 Å². The Bertz CT molecular complexity index is 657. The second-order valence-electron chi connectivity index (χ2n) is 4.57. The number of rotatable bonds is 2. The lowest BCUT2D eigenvalue weighted by molar-refractivity contribution is 0.0989. The lowest BCUT2D eigenvalue weighted by Gasteiger charge is -2.17. The zero-order valence-electron chi connectivity index (χ0n) is 11.0. The first-order chi connectivity index (χ1) is 9.69. The molecule has 0 aliphatic carbocycles. The van der Waals surface area contributed by atoms with Crippen molar-refractivity contribution in [1.82, 2.24) is 4.98 Å². The maximum atomic E-state index is 12.6. The molecule has 0 atom stereocenters. The summed E-state index contributed by atoms with van der Waals surface area (Å²) >= 11 is 5.03. The van der Waals surface area contributed by atoms with Crippen molar-refractivity contribution in [3.05, 3.63) is 52.1 Å². The minimum atomic E-state index is 0.0157. The number of fused-ring (bicyclic) bond motifs is 1. The lowest BCUT2D eigenvalue weighted by Crippen LogP contribution is -2.28. The summed E-state index contributed by atoms with van der Waals surface area (Å²) in [5, 5.41) is 0.922. The van der Waals surface area contributed by atoms with Crippen molar-refractivity contribution in [2.24, 2.45) is 0 Å². The third-order valence-electron chi connectivity index (χ3n) is 3.38. The molecule has 0 bridgehead atoms.